The SMILES string of the molecule is CCNC(CCN(C)CCSC)C(C)(C)C. The molecule has 3 heteroatoms. The van der Waals surface area contributed by atoms with Crippen LogP contribution in [0.4, 0.5) is 0 Å². The molecule has 16 heavy (non-hydrogen) atoms. The molecule has 0 aliphatic rings. The zero-order chi connectivity index (χ0) is 12.6. The van der Waals surface area contributed by atoms with Crippen molar-refractivity contribution in [1.82, 2.24) is 10.2 Å². The molecule has 0 amide bonds. The van der Waals surface area contributed by atoms with Crippen molar-refractivity contribution < 1.29 is 0 Å². The van der Waals surface area contributed by atoms with Crippen molar-refractivity contribution in [2.45, 2.75) is 40.2 Å². The summed E-state index contributed by atoms with van der Waals surface area (Å²) in [6.07, 6.45) is 3.41. The highest BCUT2D eigenvalue weighted by molar-refractivity contribution is 7.98. The smallest absolute Gasteiger partial charge is 0.0128 e. The Bertz CT molecular complexity index is 166. The highest BCUT2D eigenvalue weighted by Crippen LogP contribution is 2.21. The van der Waals surface area contributed by atoms with Crippen LogP contribution in [-0.4, -0.2) is 49.6 Å². The predicted octanol–water partition coefficient (Wildman–Crippen LogP) is 2.70. The molecule has 0 aliphatic carbocycles. The third kappa shape index (κ3) is 7.53. The third-order valence-corrected chi connectivity index (χ3v) is 3.56. The van der Waals surface area contributed by atoms with Gasteiger partial charge in [0.25, 0.3) is 0 Å². The molecular weight excluding hydrogens is 216 g/mol. The summed E-state index contributed by atoms with van der Waals surface area (Å²) in [6, 6.07) is 0.620. The maximum Gasteiger partial charge on any atom is 0.0128 e. The highest BCUT2D eigenvalue weighted by atomic mass is 32.2. The molecule has 1 N–H and O–H groups in total. The van der Waals surface area contributed by atoms with Crippen molar-refractivity contribution in [2.75, 3.05) is 38.7 Å². The van der Waals surface area contributed by atoms with Crippen LogP contribution in [0.3, 0.4) is 0 Å². The van der Waals surface area contributed by atoms with Crippen molar-refractivity contribution in [1.29, 1.82) is 0 Å². The zero-order valence-corrected chi connectivity index (χ0v) is 12.8. The van der Waals surface area contributed by atoms with E-state index in [4.69, 9.17) is 0 Å². The number of nitrogens with one attached hydrogen (secondary N) is 1. The minimum atomic E-state index is 0.357. The van der Waals surface area contributed by atoms with E-state index in [9.17, 15) is 0 Å². The van der Waals surface area contributed by atoms with E-state index in [0.717, 1.165) is 6.54 Å². The minimum Gasteiger partial charge on any atom is -0.314 e. The van der Waals surface area contributed by atoms with Crippen LogP contribution in [0.25, 0.3) is 0 Å². The lowest BCUT2D eigenvalue weighted by Gasteiger charge is -2.32. The number of rotatable bonds is 8. The first-order valence-corrected chi connectivity index (χ1v) is 7.72. The number of thioether (sulfide) groups is 1. The second kappa shape index (κ2) is 8.37. The van der Waals surface area contributed by atoms with Crippen LogP contribution >= 0.6 is 11.8 Å². The van der Waals surface area contributed by atoms with Crippen molar-refractivity contribution in [2.24, 2.45) is 5.41 Å². The first-order valence-electron chi connectivity index (χ1n) is 6.32. The summed E-state index contributed by atoms with van der Waals surface area (Å²) in [5, 5.41) is 3.60. The van der Waals surface area contributed by atoms with Crippen LogP contribution < -0.4 is 5.32 Å². The second-order valence-corrected chi connectivity index (χ2v) is 6.55. The van der Waals surface area contributed by atoms with Gasteiger partial charge in [0.15, 0.2) is 0 Å². The van der Waals surface area contributed by atoms with E-state index in [1.807, 2.05) is 11.8 Å². The van der Waals surface area contributed by atoms with Crippen LogP contribution in [0.1, 0.15) is 34.1 Å². The van der Waals surface area contributed by atoms with E-state index in [0.29, 0.717) is 11.5 Å². The lowest BCUT2D eigenvalue weighted by Crippen LogP contribution is -2.42. The highest BCUT2D eigenvalue weighted by Gasteiger charge is 2.23. The van der Waals surface area contributed by atoms with E-state index in [1.165, 1.54) is 25.3 Å². The molecule has 0 aromatic rings. The Morgan fingerprint density at radius 3 is 2.31 bits per heavy atom. The van der Waals surface area contributed by atoms with E-state index in [1.54, 1.807) is 0 Å². The predicted molar refractivity (Wildman–Crippen MR) is 77.4 cm³/mol. The van der Waals surface area contributed by atoms with Gasteiger partial charge >= 0.3 is 0 Å². The first-order chi connectivity index (χ1) is 7.41. The lowest BCUT2D eigenvalue weighted by molar-refractivity contribution is 0.227. The summed E-state index contributed by atoms with van der Waals surface area (Å²) in [7, 11) is 2.22. The molecule has 0 aliphatic heterocycles. The third-order valence-electron chi connectivity index (χ3n) is 2.97. The van der Waals surface area contributed by atoms with Gasteiger partial charge < -0.3 is 10.2 Å². The monoisotopic (exact) mass is 246 g/mol. The molecule has 0 fully saturated rings. The van der Waals surface area contributed by atoms with Crippen molar-refractivity contribution in [3.05, 3.63) is 0 Å². The van der Waals surface area contributed by atoms with Crippen LogP contribution in [-0.2, 0) is 0 Å². The molecular formula is C13H30N2S. The minimum absolute atomic E-state index is 0.357. The Hall–Kier alpha value is 0.270. The van der Waals surface area contributed by atoms with Crippen molar-refractivity contribution in [3.8, 4) is 0 Å². The largest absolute Gasteiger partial charge is 0.314 e. The Balaban J connectivity index is 3.92. The maximum absolute atomic E-state index is 3.60. The molecule has 0 saturated carbocycles. The summed E-state index contributed by atoms with van der Waals surface area (Å²) in [5.74, 6) is 1.23. The van der Waals surface area contributed by atoms with Crippen molar-refractivity contribution >= 4 is 11.8 Å². The summed E-state index contributed by atoms with van der Waals surface area (Å²) in [5.41, 5.74) is 0.357. The lowest BCUT2D eigenvalue weighted by atomic mass is 9.84. The normalized spacial score (nSPS) is 14.4. The molecule has 0 radical (unpaired) electrons. The summed E-state index contributed by atoms with van der Waals surface area (Å²) < 4.78 is 0. The van der Waals surface area contributed by atoms with Crippen LogP contribution in [0.5, 0.6) is 0 Å². The van der Waals surface area contributed by atoms with Gasteiger partial charge in [0.1, 0.15) is 0 Å². The molecule has 0 rings (SSSR count). The molecule has 0 saturated heterocycles. The van der Waals surface area contributed by atoms with E-state index in [-0.39, 0.29) is 0 Å². The molecule has 1 atom stereocenters. The Morgan fingerprint density at radius 1 is 1.25 bits per heavy atom. The van der Waals surface area contributed by atoms with Gasteiger partial charge in [0.05, 0.1) is 0 Å². The summed E-state index contributed by atoms with van der Waals surface area (Å²) >= 11 is 1.92. The van der Waals surface area contributed by atoms with Gasteiger partial charge in [-0.15, -0.1) is 0 Å². The fourth-order valence-corrected chi connectivity index (χ4v) is 2.29. The average Bonchev–Trinajstić information content (AvgIpc) is 2.19. The zero-order valence-electron chi connectivity index (χ0n) is 12.0. The van der Waals surface area contributed by atoms with Gasteiger partial charge in [-0.2, -0.15) is 11.8 Å². The molecule has 0 heterocycles. The Kier molecular flexibility index (Phi) is 8.52. The van der Waals surface area contributed by atoms with Crippen molar-refractivity contribution in [3.63, 3.8) is 0 Å². The molecule has 2 nitrogen and oxygen atoms in total. The van der Waals surface area contributed by atoms with Crippen LogP contribution in [0.15, 0.2) is 0 Å². The average molecular weight is 246 g/mol. The molecule has 0 aromatic carbocycles. The number of nitrogens with zero attached hydrogens (tertiary/aromatic N) is 1. The quantitative estimate of drug-likeness (QED) is 0.709. The second-order valence-electron chi connectivity index (χ2n) is 5.56. The fourth-order valence-electron chi connectivity index (χ4n) is 1.80. The standard InChI is InChI=1S/C13H30N2S/c1-7-14-12(13(2,3)4)8-9-15(5)10-11-16-6/h12,14H,7-11H2,1-6H3. The Morgan fingerprint density at radius 2 is 1.88 bits per heavy atom. The van der Waals surface area contributed by atoms with Crippen LogP contribution in [0, 0.1) is 5.41 Å². The van der Waals surface area contributed by atoms with Gasteiger partial charge in [-0.05, 0) is 38.2 Å². The fraction of sp³-hybridized carbons (Fsp3) is 1.00. The summed E-state index contributed by atoms with van der Waals surface area (Å²) in [4.78, 5) is 2.44. The Labute approximate surface area is 107 Å². The molecule has 1 unspecified atom stereocenters. The molecule has 0 aromatic heterocycles. The van der Waals surface area contributed by atoms with E-state index < -0.39 is 0 Å². The van der Waals surface area contributed by atoms with Gasteiger partial charge in [0, 0.05) is 18.3 Å². The number of hydrogen-bond donors (Lipinski definition) is 1. The number of hydrogen-bond acceptors (Lipinski definition) is 3. The van der Waals surface area contributed by atoms with E-state index in [2.05, 4.69) is 51.2 Å². The van der Waals surface area contributed by atoms with Gasteiger partial charge in [-0.3, -0.25) is 0 Å². The van der Waals surface area contributed by atoms with E-state index >= 15 is 0 Å². The van der Waals surface area contributed by atoms with Crippen LogP contribution in [0.2, 0.25) is 0 Å². The molecule has 98 valence electrons. The van der Waals surface area contributed by atoms with Gasteiger partial charge in [-0.1, -0.05) is 27.7 Å². The molecule has 0 spiro atoms. The maximum atomic E-state index is 3.60. The molecule has 0 bridgehead atoms. The van der Waals surface area contributed by atoms with Gasteiger partial charge in [0.2, 0.25) is 0 Å². The first kappa shape index (κ1) is 16.3. The van der Waals surface area contributed by atoms with Gasteiger partial charge in [-0.25, -0.2) is 0 Å². The summed E-state index contributed by atoms with van der Waals surface area (Å²) in [6.45, 7) is 12.6. The topological polar surface area (TPSA) is 15.3 Å².